The summed E-state index contributed by atoms with van der Waals surface area (Å²) in [7, 11) is -3.88. The van der Waals surface area contributed by atoms with E-state index in [2.05, 4.69) is 5.32 Å². The molecule has 1 aliphatic carbocycles. The predicted octanol–water partition coefficient (Wildman–Crippen LogP) is 3.12. The molecule has 3 rings (SSSR count). The minimum Gasteiger partial charge on any atom is -0.352 e. The lowest BCUT2D eigenvalue weighted by molar-refractivity contribution is -0.119. The van der Waals surface area contributed by atoms with Crippen LogP contribution in [0.15, 0.2) is 53.4 Å². The van der Waals surface area contributed by atoms with Gasteiger partial charge in [-0.25, -0.2) is 8.42 Å². The van der Waals surface area contributed by atoms with Gasteiger partial charge in [0, 0.05) is 11.1 Å². The molecule has 0 saturated heterocycles. The van der Waals surface area contributed by atoms with E-state index in [4.69, 9.17) is 11.6 Å². The molecule has 0 spiro atoms. The van der Waals surface area contributed by atoms with Crippen LogP contribution in [-0.2, 0) is 14.8 Å². The molecule has 7 heteroatoms. The van der Waals surface area contributed by atoms with Crippen LogP contribution in [0.3, 0.4) is 0 Å². The van der Waals surface area contributed by atoms with Crippen LogP contribution >= 0.6 is 11.6 Å². The molecule has 0 aliphatic heterocycles. The van der Waals surface area contributed by atoms with Gasteiger partial charge in [0.15, 0.2) is 0 Å². The number of hydrogen-bond acceptors (Lipinski definition) is 3. The van der Waals surface area contributed by atoms with Crippen molar-refractivity contribution in [2.75, 3.05) is 10.8 Å². The average Bonchev–Trinajstić information content (AvgIpc) is 3.38. The van der Waals surface area contributed by atoms with Gasteiger partial charge in [0.25, 0.3) is 10.0 Å². The molecule has 25 heavy (non-hydrogen) atoms. The highest BCUT2D eigenvalue weighted by molar-refractivity contribution is 7.92. The smallest absolute Gasteiger partial charge is 0.264 e. The zero-order valence-electron chi connectivity index (χ0n) is 13.8. The summed E-state index contributed by atoms with van der Waals surface area (Å²) in [5, 5.41) is 3.28. The Hall–Kier alpha value is -2.05. The molecule has 0 radical (unpaired) electrons. The Morgan fingerprint density at radius 1 is 1.12 bits per heavy atom. The van der Waals surface area contributed by atoms with Crippen LogP contribution in [0.1, 0.15) is 18.4 Å². The lowest BCUT2D eigenvalue weighted by atomic mass is 10.2. The fourth-order valence-electron chi connectivity index (χ4n) is 2.39. The second-order valence-corrected chi connectivity index (χ2v) is 8.44. The summed E-state index contributed by atoms with van der Waals surface area (Å²) in [5.41, 5.74) is 1.46. The van der Waals surface area contributed by atoms with Crippen LogP contribution in [0.25, 0.3) is 0 Å². The van der Waals surface area contributed by atoms with Gasteiger partial charge in [-0.15, -0.1) is 0 Å². The molecule has 2 aromatic rings. The zero-order chi connectivity index (χ0) is 18.0. The Bertz CT molecular complexity index is 860. The van der Waals surface area contributed by atoms with Crippen LogP contribution < -0.4 is 9.62 Å². The fourth-order valence-corrected chi connectivity index (χ4v) is 3.94. The Morgan fingerprint density at radius 3 is 2.28 bits per heavy atom. The predicted molar refractivity (Wildman–Crippen MR) is 98.3 cm³/mol. The van der Waals surface area contributed by atoms with Gasteiger partial charge in [0.1, 0.15) is 6.54 Å². The Balaban J connectivity index is 1.94. The monoisotopic (exact) mass is 378 g/mol. The molecule has 0 bridgehead atoms. The number of nitrogens with zero attached hydrogens (tertiary/aromatic N) is 1. The van der Waals surface area contributed by atoms with Gasteiger partial charge in [-0.1, -0.05) is 29.3 Å². The number of sulfonamides is 1. The molecule has 1 amide bonds. The van der Waals surface area contributed by atoms with Crippen molar-refractivity contribution >= 4 is 33.2 Å². The van der Waals surface area contributed by atoms with Crippen LogP contribution in [0.4, 0.5) is 5.69 Å². The maximum atomic E-state index is 13.1. The van der Waals surface area contributed by atoms with Crippen molar-refractivity contribution in [1.29, 1.82) is 0 Å². The summed E-state index contributed by atoms with van der Waals surface area (Å²) < 4.78 is 27.3. The number of halogens is 1. The Labute approximate surface area is 152 Å². The van der Waals surface area contributed by atoms with E-state index in [1.165, 1.54) is 24.3 Å². The molecule has 132 valence electrons. The van der Waals surface area contributed by atoms with E-state index in [1.54, 1.807) is 12.1 Å². The van der Waals surface area contributed by atoms with Gasteiger partial charge in [-0.05, 0) is 56.2 Å². The van der Waals surface area contributed by atoms with Crippen molar-refractivity contribution in [2.24, 2.45) is 0 Å². The Kier molecular flexibility index (Phi) is 5.01. The quantitative estimate of drug-likeness (QED) is 0.839. The number of benzene rings is 2. The van der Waals surface area contributed by atoms with E-state index in [0.717, 1.165) is 22.7 Å². The van der Waals surface area contributed by atoms with E-state index in [9.17, 15) is 13.2 Å². The summed E-state index contributed by atoms with van der Waals surface area (Å²) >= 11 is 5.85. The van der Waals surface area contributed by atoms with Gasteiger partial charge < -0.3 is 5.32 Å². The van der Waals surface area contributed by atoms with Crippen molar-refractivity contribution in [2.45, 2.75) is 30.7 Å². The van der Waals surface area contributed by atoms with E-state index < -0.39 is 10.0 Å². The third-order valence-corrected chi connectivity index (χ3v) is 5.99. The van der Waals surface area contributed by atoms with Crippen molar-refractivity contribution < 1.29 is 13.2 Å². The number of anilines is 1. The number of aryl methyl sites for hydroxylation is 1. The number of nitrogens with one attached hydrogen (secondary N) is 1. The standard InChI is InChI=1S/C18H19ClN2O3S/c1-13-2-8-16(9-3-13)21(12-18(22)20-15-6-7-15)25(23,24)17-10-4-14(19)5-11-17/h2-5,8-11,15H,6-7,12H2,1H3,(H,20,22). The summed E-state index contributed by atoms with van der Waals surface area (Å²) in [6, 6.07) is 13.1. The Morgan fingerprint density at radius 2 is 1.72 bits per heavy atom. The van der Waals surface area contributed by atoms with Gasteiger partial charge in [-0.2, -0.15) is 0 Å². The fraction of sp³-hybridized carbons (Fsp3) is 0.278. The highest BCUT2D eigenvalue weighted by Gasteiger charge is 2.29. The highest BCUT2D eigenvalue weighted by atomic mass is 35.5. The molecule has 0 aromatic heterocycles. The molecule has 0 heterocycles. The van der Waals surface area contributed by atoms with Crippen LogP contribution in [-0.4, -0.2) is 26.9 Å². The van der Waals surface area contributed by atoms with Gasteiger partial charge in [0.05, 0.1) is 10.6 Å². The topological polar surface area (TPSA) is 66.5 Å². The minimum absolute atomic E-state index is 0.0942. The number of amides is 1. The lowest BCUT2D eigenvalue weighted by Gasteiger charge is -2.24. The van der Waals surface area contributed by atoms with Crippen molar-refractivity contribution in [3.8, 4) is 0 Å². The van der Waals surface area contributed by atoms with Crippen LogP contribution in [0.5, 0.6) is 0 Å². The maximum Gasteiger partial charge on any atom is 0.264 e. The highest BCUT2D eigenvalue weighted by Crippen LogP contribution is 2.25. The SMILES string of the molecule is Cc1ccc(N(CC(=O)NC2CC2)S(=O)(=O)c2ccc(Cl)cc2)cc1. The first-order valence-electron chi connectivity index (χ1n) is 8.00. The average molecular weight is 379 g/mol. The molecule has 1 saturated carbocycles. The minimum atomic E-state index is -3.88. The van der Waals surface area contributed by atoms with Gasteiger partial charge in [0.2, 0.25) is 5.91 Å². The molecule has 5 nitrogen and oxygen atoms in total. The normalized spacial score (nSPS) is 14.2. The van der Waals surface area contributed by atoms with Crippen molar-refractivity contribution in [3.05, 3.63) is 59.1 Å². The van der Waals surface area contributed by atoms with Gasteiger partial charge >= 0.3 is 0 Å². The lowest BCUT2D eigenvalue weighted by Crippen LogP contribution is -2.41. The summed E-state index contributed by atoms with van der Waals surface area (Å²) in [6.07, 6.45) is 1.89. The summed E-state index contributed by atoms with van der Waals surface area (Å²) in [5.74, 6) is -0.305. The summed E-state index contributed by atoms with van der Waals surface area (Å²) in [6.45, 7) is 1.66. The maximum absolute atomic E-state index is 13.1. The van der Waals surface area contributed by atoms with Crippen molar-refractivity contribution in [3.63, 3.8) is 0 Å². The number of hydrogen-bond donors (Lipinski definition) is 1. The molecule has 0 unspecified atom stereocenters. The van der Waals surface area contributed by atoms with Crippen LogP contribution in [0, 0.1) is 6.92 Å². The first kappa shape index (κ1) is 17.8. The zero-order valence-corrected chi connectivity index (χ0v) is 15.3. The third kappa shape index (κ3) is 4.32. The largest absolute Gasteiger partial charge is 0.352 e. The second-order valence-electron chi connectivity index (χ2n) is 6.14. The van der Waals surface area contributed by atoms with Gasteiger partial charge in [-0.3, -0.25) is 9.10 Å². The third-order valence-electron chi connectivity index (χ3n) is 3.95. The van der Waals surface area contributed by atoms with E-state index in [0.29, 0.717) is 10.7 Å². The first-order chi connectivity index (χ1) is 11.9. The van der Waals surface area contributed by atoms with E-state index in [-0.39, 0.29) is 23.4 Å². The molecular formula is C18H19ClN2O3S. The number of carbonyl (C=O) groups is 1. The number of carbonyl (C=O) groups excluding carboxylic acids is 1. The molecule has 2 aromatic carbocycles. The molecule has 1 aliphatic rings. The molecular weight excluding hydrogens is 360 g/mol. The molecule has 1 N–H and O–H groups in total. The van der Waals surface area contributed by atoms with Crippen molar-refractivity contribution in [1.82, 2.24) is 5.32 Å². The molecule has 0 atom stereocenters. The molecule has 1 fully saturated rings. The van der Waals surface area contributed by atoms with E-state index in [1.807, 2.05) is 19.1 Å². The first-order valence-corrected chi connectivity index (χ1v) is 9.82. The van der Waals surface area contributed by atoms with E-state index >= 15 is 0 Å². The second kappa shape index (κ2) is 7.06. The van der Waals surface area contributed by atoms with Crippen LogP contribution in [0.2, 0.25) is 5.02 Å². The number of rotatable bonds is 6. The summed E-state index contributed by atoms with van der Waals surface area (Å²) in [4.78, 5) is 12.3.